The number of aryl methyl sites for hydroxylation is 1. The summed E-state index contributed by atoms with van der Waals surface area (Å²) in [6, 6.07) is 8.35. The number of aliphatic hydroxyl groups excluding tert-OH is 1. The fourth-order valence-electron chi connectivity index (χ4n) is 3.66. The van der Waals surface area contributed by atoms with Crippen LogP contribution < -0.4 is 0 Å². The van der Waals surface area contributed by atoms with Crippen molar-refractivity contribution >= 4 is 17.5 Å². The van der Waals surface area contributed by atoms with Gasteiger partial charge in [-0.2, -0.15) is 5.10 Å². The summed E-state index contributed by atoms with van der Waals surface area (Å²) < 4.78 is 1.69. The summed E-state index contributed by atoms with van der Waals surface area (Å²) in [5.74, 6) is -0.195. The molecule has 1 aliphatic rings. The first-order valence-electron chi connectivity index (χ1n) is 8.77. The van der Waals surface area contributed by atoms with Crippen molar-refractivity contribution in [2.75, 3.05) is 13.2 Å². The van der Waals surface area contributed by atoms with E-state index in [0.29, 0.717) is 18.1 Å². The summed E-state index contributed by atoms with van der Waals surface area (Å²) in [5, 5.41) is 14.2. The topological polar surface area (TPSA) is 58.4 Å². The first kappa shape index (κ1) is 18.0. The van der Waals surface area contributed by atoms with Gasteiger partial charge in [-0.1, -0.05) is 42.8 Å². The fourth-order valence-corrected chi connectivity index (χ4v) is 3.82. The minimum absolute atomic E-state index is 0.0354. The van der Waals surface area contributed by atoms with Crippen LogP contribution in [0, 0.1) is 5.92 Å². The van der Waals surface area contributed by atoms with Crippen LogP contribution >= 0.6 is 11.6 Å². The molecule has 5 nitrogen and oxygen atoms in total. The maximum atomic E-state index is 13.1. The second kappa shape index (κ2) is 8.02. The Labute approximate surface area is 153 Å². The van der Waals surface area contributed by atoms with Gasteiger partial charge in [-0.25, -0.2) is 0 Å². The maximum Gasteiger partial charge on any atom is 0.227 e. The number of nitrogens with zero attached hydrogens (tertiary/aromatic N) is 3. The van der Waals surface area contributed by atoms with E-state index in [1.54, 1.807) is 17.1 Å². The highest BCUT2D eigenvalue weighted by molar-refractivity contribution is 6.30. The Morgan fingerprint density at radius 2 is 2.28 bits per heavy atom. The van der Waals surface area contributed by atoms with Crippen molar-refractivity contribution in [1.29, 1.82) is 0 Å². The van der Waals surface area contributed by atoms with E-state index in [-0.39, 0.29) is 24.5 Å². The zero-order valence-electron chi connectivity index (χ0n) is 14.4. The van der Waals surface area contributed by atoms with Crippen LogP contribution in [0.4, 0.5) is 0 Å². The third-order valence-electron chi connectivity index (χ3n) is 4.82. The molecule has 1 aromatic heterocycles. The Bertz CT molecular complexity index is 731. The third-order valence-corrected chi connectivity index (χ3v) is 5.02. The lowest BCUT2D eigenvalue weighted by molar-refractivity contribution is -0.139. The van der Waals surface area contributed by atoms with E-state index < -0.39 is 0 Å². The van der Waals surface area contributed by atoms with Gasteiger partial charge >= 0.3 is 0 Å². The van der Waals surface area contributed by atoms with E-state index in [9.17, 15) is 9.90 Å². The second-order valence-corrected chi connectivity index (χ2v) is 7.08. The van der Waals surface area contributed by atoms with Gasteiger partial charge in [0.2, 0.25) is 5.91 Å². The molecule has 0 fully saturated rings. The summed E-state index contributed by atoms with van der Waals surface area (Å²) >= 11 is 5.90. The second-order valence-electron chi connectivity index (χ2n) is 6.64. The number of halogens is 1. The number of aliphatic hydroxyl groups is 1. The number of amides is 1. The summed E-state index contributed by atoms with van der Waals surface area (Å²) in [7, 11) is 0. The molecule has 1 aliphatic carbocycles. The Morgan fingerprint density at radius 3 is 3.00 bits per heavy atom. The largest absolute Gasteiger partial charge is 0.395 e. The van der Waals surface area contributed by atoms with E-state index in [2.05, 4.69) is 17.2 Å². The molecule has 1 heterocycles. The van der Waals surface area contributed by atoms with Crippen LogP contribution in [0.3, 0.4) is 0 Å². The highest BCUT2D eigenvalue weighted by atomic mass is 35.5. The van der Waals surface area contributed by atoms with Crippen LogP contribution in [0.15, 0.2) is 36.7 Å². The van der Waals surface area contributed by atoms with Crippen LogP contribution in [-0.2, 0) is 17.8 Å². The summed E-state index contributed by atoms with van der Waals surface area (Å²) in [6.07, 6.45) is 6.33. The predicted molar refractivity (Wildman–Crippen MR) is 97.3 cm³/mol. The number of rotatable bonds is 6. The number of aromatic nitrogens is 2. The van der Waals surface area contributed by atoms with Gasteiger partial charge < -0.3 is 10.0 Å². The molecule has 2 aromatic rings. The fraction of sp³-hybridized carbons (Fsp3) is 0.474. The van der Waals surface area contributed by atoms with Crippen LogP contribution in [0.2, 0.25) is 5.02 Å². The molecule has 0 bridgehead atoms. The average molecular weight is 362 g/mol. The zero-order chi connectivity index (χ0) is 17.8. The molecule has 1 N–H and O–H groups in total. The molecule has 0 saturated carbocycles. The molecule has 0 radical (unpaired) electrons. The molecule has 6 heteroatoms. The SMILES string of the molecule is CC(Cn1cc(Cl)cn1)C(=O)N(CCO)C1CCCc2ccccc21. The summed E-state index contributed by atoms with van der Waals surface area (Å²) in [5.41, 5.74) is 2.52. The minimum Gasteiger partial charge on any atom is -0.395 e. The van der Waals surface area contributed by atoms with Gasteiger partial charge in [0.1, 0.15) is 0 Å². The van der Waals surface area contributed by atoms with E-state index in [1.165, 1.54) is 11.1 Å². The number of carbonyl (C=O) groups is 1. The lowest BCUT2D eigenvalue weighted by atomic mass is 9.86. The third kappa shape index (κ3) is 4.05. The number of benzene rings is 1. The normalized spacial score (nSPS) is 17.8. The molecule has 134 valence electrons. The molecule has 2 unspecified atom stereocenters. The maximum absolute atomic E-state index is 13.1. The molecule has 0 saturated heterocycles. The van der Waals surface area contributed by atoms with Gasteiger partial charge in [-0.05, 0) is 30.4 Å². The van der Waals surface area contributed by atoms with E-state index in [1.807, 2.05) is 24.0 Å². The van der Waals surface area contributed by atoms with E-state index in [0.717, 1.165) is 19.3 Å². The number of hydrogen-bond donors (Lipinski definition) is 1. The lowest BCUT2D eigenvalue weighted by Crippen LogP contribution is -2.42. The Balaban J connectivity index is 1.79. The van der Waals surface area contributed by atoms with Crippen molar-refractivity contribution in [1.82, 2.24) is 14.7 Å². The molecule has 0 aliphatic heterocycles. The van der Waals surface area contributed by atoms with Gasteiger partial charge in [0.25, 0.3) is 0 Å². The highest BCUT2D eigenvalue weighted by Crippen LogP contribution is 2.35. The molecular weight excluding hydrogens is 338 g/mol. The van der Waals surface area contributed by atoms with Crippen molar-refractivity contribution in [3.05, 3.63) is 52.8 Å². The minimum atomic E-state index is -0.239. The summed E-state index contributed by atoms with van der Waals surface area (Å²) in [4.78, 5) is 14.9. The molecular formula is C19H24ClN3O2. The van der Waals surface area contributed by atoms with Crippen LogP contribution in [-0.4, -0.2) is 38.8 Å². The van der Waals surface area contributed by atoms with E-state index in [4.69, 9.17) is 11.6 Å². The number of carbonyl (C=O) groups excluding carboxylic acids is 1. The molecule has 3 rings (SSSR count). The van der Waals surface area contributed by atoms with Crippen molar-refractivity contribution in [3.8, 4) is 0 Å². The van der Waals surface area contributed by atoms with Gasteiger partial charge in [0, 0.05) is 12.7 Å². The number of hydrogen-bond acceptors (Lipinski definition) is 3. The smallest absolute Gasteiger partial charge is 0.227 e. The van der Waals surface area contributed by atoms with Crippen LogP contribution in [0.5, 0.6) is 0 Å². The summed E-state index contributed by atoms with van der Waals surface area (Å²) in [6.45, 7) is 2.69. The van der Waals surface area contributed by atoms with Gasteiger partial charge in [-0.3, -0.25) is 9.48 Å². The van der Waals surface area contributed by atoms with Crippen molar-refractivity contribution in [2.45, 2.75) is 38.8 Å². The van der Waals surface area contributed by atoms with Crippen molar-refractivity contribution in [2.24, 2.45) is 5.92 Å². The van der Waals surface area contributed by atoms with E-state index >= 15 is 0 Å². The van der Waals surface area contributed by atoms with Gasteiger partial charge in [-0.15, -0.1) is 0 Å². The highest BCUT2D eigenvalue weighted by Gasteiger charge is 2.31. The quantitative estimate of drug-likeness (QED) is 0.860. The predicted octanol–water partition coefficient (Wildman–Crippen LogP) is 3.07. The Morgan fingerprint density at radius 1 is 1.48 bits per heavy atom. The van der Waals surface area contributed by atoms with Crippen molar-refractivity contribution in [3.63, 3.8) is 0 Å². The Kier molecular flexibility index (Phi) is 5.76. The molecule has 2 atom stereocenters. The average Bonchev–Trinajstić information content (AvgIpc) is 3.03. The molecule has 0 spiro atoms. The zero-order valence-corrected chi connectivity index (χ0v) is 15.2. The Hall–Kier alpha value is -1.85. The monoisotopic (exact) mass is 361 g/mol. The molecule has 25 heavy (non-hydrogen) atoms. The standard InChI is InChI=1S/C19H24ClN3O2/c1-14(12-22-13-16(20)11-21-22)19(25)23(9-10-24)18-8-4-6-15-5-2-3-7-17(15)18/h2-3,5,7,11,13-14,18,24H,4,6,8-10,12H2,1H3. The molecule has 1 aromatic carbocycles. The lowest BCUT2D eigenvalue weighted by Gasteiger charge is -2.37. The molecule has 1 amide bonds. The van der Waals surface area contributed by atoms with Crippen LogP contribution in [0.1, 0.15) is 36.9 Å². The first-order chi connectivity index (χ1) is 12.1. The van der Waals surface area contributed by atoms with Gasteiger partial charge in [0.05, 0.1) is 36.3 Å². The first-order valence-corrected chi connectivity index (χ1v) is 9.15. The number of fused-ring (bicyclic) bond motifs is 1. The van der Waals surface area contributed by atoms with Crippen LogP contribution in [0.25, 0.3) is 0 Å². The van der Waals surface area contributed by atoms with Crippen molar-refractivity contribution < 1.29 is 9.90 Å². The van der Waals surface area contributed by atoms with Gasteiger partial charge in [0.15, 0.2) is 0 Å².